The summed E-state index contributed by atoms with van der Waals surface area (Å²) >= 11 is 0. The minimum absolute atomic E-state index is 0.0542. The number of carboxylic acid groups (broad SMARTS) is 1. The fourth-order valence-corrected chi connectivity index (χ4v) is 5.18. The molecule has 1 fully saturated rings. The van der Waals surface area contributed by atoms with Crippen LogP contribution < -0.4 is 5.32 Å². The molecule has 0 unspecified atom stereocenters. The second-order valence-corrected chi connectivity index (χ2v) is 9.15. The van der Waals surface area contributed by atoms with Crippen molar-refractivity contribution in [2.24, 2.45) is 0 Å². The summed E-state index contributed by atoms with van der Waals surface area (Å²) < 4.78 is 34.6. The van der Waals surface area contributed by atoms with Gasteiger partial charge in [-0.15, -0.1) is 0 Å². The molecule has 186 valence electrons. The highest BCUT2D eigenvalue weighted by Gasteiger charge is 2.52. The van der Waals surface area contributed by atoms with E-state index >= 15 is 0 Å². The first-order chi connectivity index (χ1) is 16.7. The molecule has 0 saturated heterocycles. The Balaban J connectivity index is 1.37. The number of hydrogen-bond donors (Lipinski definition) is 2. The maximum atomic E-state index is 14.7. The molecule has 1 saturated carbocycles. The van der Waals surface area contributed by atoms with Crippen LogP contribution in [-0.2, 0) is 14.3 Å². The molecule has 0 spiro atoms. The minimum Gasteiger partial charge on any atom is -0.479 e. The van der Waals surface area contributed by atoms with Crippen molar-refractivity contribution in [3.63, 3.8) is 0 Å². The molecule has 0 atom stereocenters. The predicted molar refractivity (Wildman–Crippen MR) is 124 cm³/mol. The molecule has 2 amide bonds. The van der Waals surface area contributed by atoms with Crippen LogP contribution in [0.4, 0.5) is 13.6 Å². The molecule has 2 aromatic carbocycles. The average molecular weight is 487 g/mol. The summed E-state index contributed by atoms with van der Waals surface area (Å²) in [5, 5.41) is 11.6. The Hall–Kier alpha value is -3.49. The lowest BCUT2D eigenvalue weighted by Gasteiger charge is -2.42. The average Bonchev–Trinajstić information content (AvgIpc) is 3.19. The zero-order valence-corrected chi connectivity index (χ0v) is 19.4. The molecule has 2 aliphatic carbocycles. The SMILES string of the molecule is CN(C(=O)C(F)(F)CNC(=O)OCC1c2ccccc2-c2ccccc21)C1(C(=O)O)CCCCC1. The molecule has 0 aliphatic heterocycles. The molecular weight excluding hydrogens is 458 g/mol. The number of alkyl halides is 2. The van der Waals surface area contributed by atoms with Gasteiger partial charge in [-0.25, -0.2) is 9.59 Å². The number of hydrogen-bond acceptors (Lipinski definition) is 4. The van der Waals surface area contributed by atoms with Crippen LogP contribution in [0.3, 0.4) is 0 Å². The van der Waals surface area contributed by atoms with Crippen LogP contribution in [0.25, 0.3) is 11.1 Å². The Labute approximate surface area is 202 Å². The maximum absolute atomic E-state index is 14.7. The smallest absolute Gasteiger partial charge is 0.407 e. The van der Waals surface area contributed by atoms with E-state index in [-0.39, 0.29) is 25.4 Å². The number of carbonyl (C=O) groups excluding carboxylic acids is 2. The van der Waals surface area contributed by atoms with Crippen LogP contribution in [0.1, 0.15) is 49.1 Å². The van der Waals surface area contributed by atoms with Crippen LogP contribution in [0.15, 0.2) is 48.5 Å². The van der Waals surface area contributed by atoms with Crippen molar-refractivity contribution in [3.8, 4) is 11.1 Å². The molecule has 2 N–H and O–H groups in total. The molecule has 7 nitrogen and oxygen atoms in total. The van der Waals surface area contributed by atoms with Crippen molar-refractivity contribution in [1.82, 2.24) is 10.2 Å². The number of nitrogens with one attached hydrogen (secondary N) is 1. The molecule has 9 heteroatoms. The number of ether oxygens (including phenoxy) is 1. The second kappa shape index (κ2) is 9.64. The van der Waals surface area contributed by atoms with Crippen molar-refractivity contribution in [2.45, 2.75) is 49.5 Å². The van der Waals surface area contributed by atoms with Crippen LogP contribution in [-0.4, -0.2) is 59.6 Å². The van der Waals surface area contributed by atoms with Gasteiger partial charge in [0.05, 0.1) is 6.54 Å². The van der Waals surface area contributed by atoms with E-state index in [0.29, 0.717) is 17.7 Å². The zero-order chi connectivity index (χ0) is 25.2. The van der Waals surface area contributed by atoms with Gasteiger partial charge in [-0.05, 0) is 35.1 Å². The topological polar surface area (TPSA) is 95.9 Å². The van der Waals surface area contributed by atoms with Crippen LogP contribution >= 0.6 is 0 Å². The van der Waals surface area contributed by atoms with Crippen molar-refractivity contribution in [3.05, 3.63) is 59.7 Å². The predicted octanol–water partition coefficient (Wildman–Crippen LogP) is 4.41. The fraction of sp³-hybridized carbons (Fsp3) is 0.423. The van der Waals surface area contributed by atoms with Gasteiger partial charge in [0.25, 0.3) is 5.91 Å². The van der Waals surface area contributed by atoms with Crippen molar-refractivity contribution >= 4 is 18.0 Å². The molecule has 0 aromatic heterocycles. The summed E-state index contributed by atoms with van der Waals surface area (Å²) in [7, 11) is 1.09. The molecule has 0 bridgehead atoms. The van der Waals surface area contributed by atoms with E-state index in [9.17, 15) is 28.3 Å². The number of nitrogens with zero attached hydrogens (tertiary/aromatic N) is 1. The number of aliphatic carboxylic acids is 1. The molecule has 35 heavy (non-hydrogen) atoms. The maximum Gasteiger partial charge on any atom is 0.407 e. The number of rotatable bonds is 7. The number of carbonyl (C=O) groups is 3. The van der Waals surface area contributed by atoms with E-state index in [2.05, 4.69) is 0 Å². The monoisotopic (exact) mass is 486 g/mol. The molecule has 2 aromatic rings. The highest BCUT2D eigenvalue weighted by molar-refractivity contribution is 5.91. The summed E-state index contributed by atoms with van der Waals surface area (Å²) in [6.07, 6.45) is 1.01. The van der Waals surface area contributed by atoms with Crippen molar-refractivity contribution in [1.29, 1.82) is 0 Å². The summed E-state index contributed by atoms with van der Waals surface area (Å²) in [5.41, 5.74) is 2.37. The molecule has 0 radical (unpaired) electrons. The van der Waals surface area contributed by atoms with E-state index in [1.807, 2.05) is 53.8 Å². The Bertz CT molecular complexity index is 1080. The number of alkyl carbamates (subject to hydrolysis) is 1. The van der Waals surface area contributed by atoms with Crippen LogP contribution in [0.2, 0.25) is 0 Å². The Morgan fingerprint density at radius 1 is 1.03 bits per heavy atom. The first-order valence-corrected chi connectivity index (χ1v) is 11.7. The zero-order valence-electron chi connectivity index (χ0n) is 19.4. The first kappa shape index (κ1) is 24.6. The van der Waals surface area contributed by atoms with E-state index in [1.165, 1.54) is 0 Å². The highest BCUT2D eigenvalue weighted by Crippen LogP contribution is 2.44. The van der Waals surface area contributed by atoms with Gasteiger partial charge in [-0.2, -0.15) is 8.78 Å². The van der Waals surface area contributed by atoms with E-state index in [0.717, 1.165) is 35.7 Å². The van der Waals surface area contributed by atoms with Gasteiger partial charge in [0.1, 0.15) is 12.1 Å². The molecular formula is C26H28F2N2O5. The summed E-state index contributed by atoms with van der Waals surface area (Å²) in [6, 6.07) is 15.4. The summed E-state index contributed by atoms with van der Waals surface area (Å²) in [5.74, 6) is -7.16. The normalized spacial score (nSPS) is 16.7. The van der Waals surface area contributed by atoms with Crippen LogP contribution in [0, 0.1) is 0 Å². The summed E-state index contributed by atoms with van der Waals surface area (Å²) in [4.78, 5) is 37.3. The first-order valence-electron chi connectivity index (χ1n) is 11.7. The number of amides is 2. The molecule has 2 aliphatic rings. The van der Waals surface area contributed by atoms with Crippen LogP contribution in [0.5, 0.6) is 0 Å². The number of fused-ring (bicyclic) bond motifs is 3. The quantitative estimate of drug-likeness (QED) is 0.605. The second-order valence-electron chi connectivity index (χ2n) is 9.15. The highest BCUT2D eigenvalue weighted by atomic mass is 19.3. The Morgan fingerprint density at radius 2 is 1.57 bits per heavy atom. The Morgan fingerprint density at radius 3 is 2.11 bits per heavy atom. The van der Waals surface area contributed by atoms with Gasteiger partial charge in [-0.1, -0.05) is 67.8 Å². The number of likely N-dealkylation sites (N-methyl/N-ethyl adjacent to an activating group) is 1. The van der Waals surface area contributed by atoms with Gasteiger partial charge in [0.2, 0.25) is 0 Å². The number of halogens is 2. The fourth-order valence-electron chi connectivity index (χ4n) is 5.18. The molecule has 0 heterocycles. The lowest BCUT2D eigenvalue weighted by Crippen LogP contribution is -2.61. The third-order valence-electron chi connectivity index (χ3n) is 7.14. The van der Waals surface area contributed by atoms with Crippen molar-refractivity contribution in [2.75, 3.05) is 20.2 Å². The molecule has 4 rings (SSSR count). The summed E-state index contributed by atoms with van der Waals surface area (Å²) in [6.45, 7) is -1.34. The third kappa shape index (κ3) is 4.59. The van der Waals surface area contributed by atoms with Gasteiger partial charge in [0.15, 0.2) is 0 Å². The van der Waals surface area contributed by atoms with E-state index in [1.54, 1.807) is 0 Å². The van der Waals surface area contributed by atoms with E-state index < -0.39 is 36.0 Å². The van der Waals surface area contributed by atoms with Crippen molar-refractivity contribution < 1.29 is 33.0 Å². The lowest BCUT2D eigenvalue weighted by molar-refractivity contribution is -0.173. The van der Waals surface area contributed by atoms with E-state index in [4.69, 9.17) is 4.74 Å². The standard InChI is InChI=1S/C26H28F2N2O5/c1-30(25(23(32)33)13-7-2-8-14-25)22(31)26(27,28)16-29-24(34)35-15-21-19-11-5-3-9-17(19)18-10-4-6-12-20(18)21/h3-6,9-12,21H,2,7-8,13-16H2,1H3,(H,29,34)(H,32,33). The Kier molecular flexibility index (Phi) is 6.78. The van der Waals surface area contributed by atoms with Gasteiger partial charge < -0.3 is 20.1 Å². The third-order valence-corrected chi connectivity index (χ3v) is 7.14. The van der Waals surface area contributed by atoms with Gasteiger partial charge in [-0.3, -0.25) is 4.79 Å². The number of benzene rings is 2. The largest absolute Gasteiger partial charge is 0.479 e. The lowest BCUT2D eigenvalue weighted by atomic mass is 9.80. The van der Waals surface area contributed by atoms with Gasteiger partial charge in [0, 0.05) is 13.0 Å². The van der Waals surface area contributed by atoms with Gasteiger partial charge >= 0.3 is 18.0 Å². The number of carboxylic acids is 1. The minimum atomic E-state index is -3.99.